The first-order chi connectivity index (χ1) is 13.1. The van der Waals surface area contributed by atoms with E-state index >= 15 is 0 Å². The van der Waals surface area contributed by atoms with Crippen LogP contribution in [0.5, 0.6) is 17.4 Å². The Bertz CT molecular complexity index is 786. The molecule has 1 saturated carbocycles. The Morgan fingerprint density at radius 1 is 1.19 bits per heavy atom. The van der Waals surface area contributed by atoms with Gasteiger partial charge in [0.15, 0.2) is 5.84 Å². The van der Waals surface area contributed by atoms with E-state index < -0.39 is 0 Å². The summed E-state index contributed by atoms with van der Waals surface area (Å²) < 4.78 is 11.2. The molecule has 1 heterocycles. The van der Waals surface area contributed by atoms with Crippen molar-refractivity contribution in [1.29, 1.82) is 0 Å². The SMILES string of the molecule is CCCN(CC1CC1)/C(=N\O)c1ccc(C)nc1Oc1ccc(OC)cc1. The number of methoxy groups -OCH3 is 1. The lowest BCUT2D eigenvalue weighted by molar-refractivity contribution is 0.296. The highest BCUT2D eigenvalue weighted by Crippen LogP contribution is 2.32. The van der Waals surface area contributed by atoms with Crippen molar-refractivity contribution in [1.82, 2.24) is 9.88 Å². The average Bonchev–Trinajstić information content (AvgIpc) is 3.49. The van der Waals surface area contributed by atoms with Gasteiger partial charge in [-0.1, -0.05) is 12.1 Å². The molecule has 3 rings (SSSR count). The number of rotatable bonds is 8. The summed E-state index contributed by atoms with van der Waals surface area (Å²) in [5, 5.41) is 13.4. The van der Waals surface area contributed by atoms with Gasteiger partial charge >= 0.3 is 0 Å². The molecule has 0 saturated heterocycles. The zero-order chi connectivity index (χ0) is 19.2. The fourth-order valence-electron chi connectivity index (χ4n) is 2.99. The number of nitrogens with zero attached hydrogens (tertiary/aromatic N) is 3. The molecule has 1 fully saturated rings. The number of amidine groups is 1. The van der Waals surface area contributed by atoms with Crippen LogP contribution in [0.25, 0.3) is 0 Å². The minimum atomic E-state index is 0.435. The number of oxime groups is 1. The van der Waals surface area contributed by atoms with Crippen LogP contribution in [-0.4, -0.2) is 41.1 Å². The van der Waals surface area contributed by atoms with Crippen LogP contribution in [0.2, 0.25) is 0 Å². The summed E-state index contributed by atoms with van der Waals surface area (Å²) in [6.07, 6.45) is 3.44. The molecule has 27 heavy (non-hydrogen) atoms. The highest BCUT2D eigenvalue weighted by atomic mass is 16.5. The van der Waals surface area contributed by atoms with E-state index in [0.717, 1.165) is 31.0 Å². The molecule has 1 aromatic heterocycles. The van der Waals surface area contributed by atoms with Gasteiger partial charge in [0.1, 0.15) is 11.5 Å². The molecule has 6 nitrogen and oxygen atoms in total. The molecule has 0 amide bonds. The van der Waals surface area contributed by atoms with Crippen LogP contribution in [0.15, 0.2) is 41.6 Å². The number of aryl methyl sites for hydroxylation is 1. The molecule has 1 N–H and O–H groups in total. The highest BCUT2D eigenvalue weighted by molar-refractivity contribution is 6.00. The second kappa shape index (κ2) is 8.75. The number of aromatic nitrogens is 1. The molecule has 0 atom stereocenters. The second-order valence-corrected chi connectivity index (χ2v) is 6.90. The van der Waals surface area contributed by atoms with Crippen molar-refractivity contribution >= 4 is 5.84 Å². The maximum Gasteiger partial charge on any atom is 0.230 e. The quantitative estimate of drug-likeness (QED) is 0.322. The topological polar surface area (TPSA) is 67.2 Å². The van der Waals surface area contributed by atoms with Crippen molar-refractivity contribution in [2.45, 2.75) is 33.1 Å². The lowest BCUT2D eigenvalue weighted by Crippen LogP contribution is -2.34. The summed E-state index contributed by atoms with van der Waals surface area (Å²) in [4.78, 5) is 6.67. The molecule has 0 spiro atoms. The minimum Gasteiger partial charge on any atom is -0.497 e. The Kier molecular flexibility index (Phi) is 6.16. The third-order valence-corrected chi connectivity index (χ3v) is 4.58. The predicted molar refractivity (Wildman–Crippen MR) is 105 cm³/mol. The van der Waals surface area contributed by atoms with Gasteiger partial charge in [-0.3, -0.25) is 0 Å². The minimum absolute atomic E-state index is 0.435. The lowest BCUT2D eigenvalue weighted by Gasteiger charge is -2.25. The monoisotopic (exact) mass is 369 g/mol. The third-order valence-electron chi connectivity index (χ3n) is 4.58. The first kappa shape index (κ1) is 19.0. The molecule has 1 aromatic carbocycles. The van der Waals surface area contributed by atoms with Crippen molar-refractivity contribution in [3.63, 3.8) is 0 Å². The van der Waals surface area contributed by atoms with E-state index in [1.165, 1.54) is 12.8 Å². The van der Waals surface area contributed by atoms with Crippen molar-refractivity contribution in [3.8, 4) is 17.4 Å². The number of hydrogen-bond donors (Lipinski definition) is 1. The van der Waals surface area contributed by atoms with Crippen LogP contribution in [0.4, 0.5) is 0 Å². The highest BCUT2D eigenvalue weighted by Gasteiger charge is 2.28. The van der Waals surface area contributed by atoms with Gasteiger partial charge in [-0.05, 0) is 68.5 Å². The van der Waals surface area contributed by atoms with Gasteiger partial charge < -0.3 is 19.6 Å². The average molecular weight is 369 g/mol. The van der Waals surface area contributed by atoms with Crippen LogP contribution in [0.1, 0.15) is 37.4 Å². The van der Waals surface area contributed by atoms with E-state index in [4.69, 9.17) is 9.47 Å². The van der Waals surface area contributed by atoms with Crippen LogP contribution in [0, 0.1) is 12.8 Å². The van der Waals surface area contributed by atoms with Crippen LogP contribution < -0.4 is 9.47 Å². The molecule has 2 aromatic rings. The van der Waals surface area contributed by atoms with E-state index in [-0.39, 0.29) is 0 Å². The summed E-state index contributed by atoms with van der Waals surface area (Å²) in [7, 11) is 1.63. The molecule has 0 unspecified atom stereocenters. The Balaban J connectivity index is 1.90. The maximum atomic E-state index is 9.78. The normalized spacial score (nSPS) is 14.1. The molecular weight excluding hydrogens is 342 g/mol. The van der Waals surface area contributed by atoms with Crippen molar-refractivity contribution in [2.24, 2.45) is 11.1 Å². The second-order valence-electron chi connectivity index (χ2n) is 6.90. The lowest BCUT2D eigenvalue weighted by atomic mass is 10.2. The summed E-state index contributed by atoms with van der Waals surface area (Å²) in [5.74, 6) is 3.04. The Hall–Kier alpha value is -2.76. The van der Waals surface area contributed by atoms with Gasteiger partial charge in [-0.25, -0.2) is 4.98 Å². The van der Waals surface area contributed by atoms with Gasteiger partial charge in [0.2, 0.25) is 5.88 Å². The standard InChI is InChI=1S/C21H27N3O3/c1-4-13-24(14-16-6-7-16)20(23-25)19-12-5-15(2)22-21(19)27-18-10-8-17(26-3)9-11-18/h5,8-12,16,25H,4,6-7,13-14H2,1-3H3/b23-20-. The van der Waals surface area contributed by atoms with Gasteiger partial charge in [0.25, 0.3) is 0 Å². The summed E-state index contributed by atoms with van der Waals surface area (Å²) >= 11 is 0. The fraction of sp³-hybridized carbons (Fsp3) is 0.429. The molecular formula is C21H27N3O3. The Morgan fingerprint density at radius 2 is 1.89 bits per heavy atom. The summed E-state index contributed by atoms with van der Waals surface area (Å²) in [6, 6.07) is 11.1. The first-order valence-electron chi connectivity index (χ1n) is 9.41. The van der Waals surface area contributed by atoms with Crippen molar-refractivity contribution < 1.29 is 14.7 Å². The fourth-order valence-corrected chi connectivity index (χ4v) is 2.99. The summed E-state index contributed by atoms with van der Waals surface area (Å²) in [6.45, 7) is 5.75. The maximum absolute atomic E-state index is 9.78. The first-order valence-corrected chi connectivity index (χ1v) is 9.41. The van der Waals surface area contributed by atoms with Crippen LogP contribution >= 0.6 is 0 Å². The number of benzene rings is 1. The van der Waals surface area contributed by atoms with Crippen molar-refractivity contribution in [3.05, 3.63) is 47.7 Å². The van der Waals surface area contributed by atoms with E-state index in [9.17, 15) is 5.21 Å². The molecule has 0 aliphatic heterocycles. The Morgan fingerprint density at radius 3 is 2.48 bits per heavy atom. The van der Waals surface area contributed by atoms with E-state index in [0.29, 0.717) is 28.9 Å². The van der Waals surface area contributed by atoms with Gasteiger partial charge in [0.05, 0.1) is 12.7 Å². The summed E-state index contributed by atoms with van der Waals surface area (Å²) in [5.41, 5.74) is 1.52. The van der Waals surface area contributed by atoms with E-state index in [1.54, 1.807) is 7.11 Å². The molecule has 1 aliphatic carbocycles. The third kappa shape index (κ3) is 4.90. The van der Waals surface area contributed by atoms with Gasteiger partial charge in [-0.15, -0.1) is 0 Å². The zero-order valence-corrected chi connectivity index (χ0v) is 16.2. The van der Waals surface area contributed by atoms with Gasteiger partial charge in [0, 0.05) is 18.8 Å². The molecule has 0 radical (unpaired) electrons. The molecule has 144 valence electrons. The number of hydrogen-bond acceptors (Lipinski definition) is 5. The zero-order valence-electron chi connectivity index (χ0n) is 16.2. The molecule has 0 bridgehead atoms. The van der Waals surface area contributed by atoms with Crippen LogP contribution in [0.3, 0.4) is 0 Å². The van der Waals surface area contributed by atoms with Crippen molar-refractivity contribution in [2.75, 3.05) is 20.2 Å². The number of pyridine rings is 1. The largest absolute Gasteiger partial charge is 0.497 e. The van der Waals surface area contributed by atoms with Gasteiger partial charge in [-0.2, -0.15) is 0 Å². The predicted octanol–water partition coefficient (Wildman–Crippen LogP) is 4.45. The Labute approximate surface area is 160 Å². The molecule has 6 heteroatoms. The van der Waals surface area contributed by atoms with E-state index in [2.05, 4.69) is 22.0 Å². The smallest absolute Gasteiger partial charge is 0.230 e. The van der Waals surface area contributed by atoms with E-state index in [1.807, 2.05) is 43.3 Å². The number of ether oxygens (including phenoxy) is 2. The van der Waals surface area contributed by atoms with Crippen LogP contribution in [-0.2, 0) is 0 Å². The molecule has 1 aliphatic rings.